The van der Waals surface area contributed by atoms with Gasteiger partial charge < -0.3 is 9.80 Å². The Labute approximate surface area is 135 Å². The number of anilines is 1. The van der Waals surface area contributed by atoms with Gasteiger partial charge in [0.1, 0.15) is 0 Å². The number of carbonyl (C=O) groups is 1. The van der Waals surface area contributed by atoms with E-state index in [2.05, 4.69) is 38.8 Å². The number of hydrogen-bond acceptors (Lipinski definition) is 3. The van der Waals surface area contributed by atoms with Crippen LogP contribution in [0.4, 0.5) is 5.69 Å². The van der Waals surface area contributed by atoms with Gasteiger partial charge in [0, 0.05) is 43.3 Å². The molecule has 1 aromatic rings. The zero-order chi connectivity index (χ0) is 15.2. The first-order chi connectivity index (χ1) is 10.1. The molecule has 2 rings (SSSR count). The smallest absolute Gasteiger partial charge is 0.225 e. The molecular formula is C16H24BrN3O. The lowest BCUT2D eigenvalue weighted by Crippen LogP contribution is -2.41. The average molecular weight is 354 g/mol. The Morgan fingerprint density at radius 2 is 2.14 bits per heavy atom. The summed E-state index contributed by atoms with van der Waals surface area (Å²) in [6.45, 7) is 4.89. The summed E-state index contributed by atoms with van der Waals surface area (Å²) in [5.41, 5.74) is 1.13. The summed E-state index contributed by atoms with van der Waals surface area (Å²) in [6, 6.07) is 2.09. The van der Waals surface area contributed by atoms with Crippen LogP contribution in [0.1, 0.15) is 32.6 Å². The van der Waals surface area contributed by atoms with E-state index in [0.29, 0.717) is 5.91 Å². The van der Waals surface area contributed by atoms with Crippen molar-refractivity contribution in [3.8, 4) is 0 Å². The number of hydrogen-bond donors (Lipinski definition) is 0. The molecule has 0 aromatic carbocycles. The van der Waals surface area contributed by atoms with Gasteiger partial charge in [-0.05, 0) is 41.3 Å². The minimum Gasteiger partial charge on any atom is -0.370 e. The lowest BCUT2D eigenvalue weighted by Gasteiger charge is -2.34. The highest BCUT2D eigenvalue weighted by atomic mass is 79.9. The molecule has 1 saturated heterocycles. The van der Waals surface area contributed by atoms with E-state index in [1.54, 1.807) is 6.20 Å². The predicted molar refractivity (Wildman–Crippen MR) is 89.4 cm³/mol. The lowest BCUT2D eigenvalue weighted by atomic mass is 9.95. The maximum Gasteiger partial charge on any atom is 0.225 e. The number of halogens is 1. The van der Waals surface area contributed by atoms with E-state index < -0.39 is 0 Å². The van der Waals surface area contributed by atoms with Gasteiger partial charge in [0.15, 0.2) is 0 Å². The second kappa shape index (κ2) is 7.78. The van der Waals surface area contributed by atoms with Gasteiger partial charge in [-0.3, -0.25) is 9.78 Å². The molecule has 0 bridgehead atoms. The molecule has 116 valence electrons. The fourth-order valence-electron chi connectivity index (χ4n) is 2.78. The van der Waals surface area contributed by atoms with Crippen LogP contribution in [0.3, 0.4) is 0 Å². The monoisotopic (exact) mass is 353 g/mol. The second-order valence-corrected chi connectivity index (χ2v) is 6.65. The van der Waals surface area contributed by atoms with Crippen LogP contribution in [0.5, 0.6) is 0 Å². The van der Waals surface area contributed by atoms with Crippen molar-refractivity contribution < 1.29 is 4.79 Å². The van der Waals surface area contributed by atoms with Crippen molar-refractivity contribution in [3.05, 3.63) is 22.9 Å². The summed E-state index contributed by atoms with van der Waals surface area (Å²) >= 11 is 3.46. The van der Waals surface area contributed by atoms with E-state index in [-0.39, 0.29) is 5.92 Å². The van der Waals surface area contributed by atoms with Gasteiger partial charge >= 0.3 is 0 Å². The van der Waals surface area contributed by atoms with Crippen molar-refractivity contribution >= 4 is 27.5 Å². The van der Waals surface area contributed by atoms with E-state index in [9.17, 15) is 4.79 Å². The van der Waals surface area contributed by atoms with Crippen LogP contribution in [-0.4, -0.2) is 42.5 Å². The average Bonchev–Trinajstić information content (AvgIpc) is 2.52. The molecule has 1 aliphatic heterocycles. The van der Waals surface area contributed by atoms with Crippen molar-refractivity contribution in [2.45, 2.75) is 32.6 Å². The van der Waals surface area contributed by atoms with Crippen LogP contribution >= 0.6 is 15.9 Å². The third-order valence-electron chi connectivity index (χ3n) is 4.12. The van der Waals surface area contributed by atoms with Crippen LogP contribution in [0, 0.1) is 5.92 Å². The molecule has 1 amide bonds. The SMILES string of the molecule is CCCCN(C)C(=O)C1CCN(c2cncc(Br)c2)CC1. The quantitative estimate of drug-likeness (QED) is 0.814. The van der Waals surface area contributed by atoms with Crippen LogP contribution in [0.2, 0.25) is 0 Å². The standard InChI is InChI=1S/C16H24BrN3O/c1-3-4-7-19(2)16(21)13-5-8-20(9-6-13)15-10-14(17)11-18-12-15/h10-13H,3-9H2,1-2H3. The lowest BCUT2D eigenvalue weighted by molar-refractivity contribution is -0.134. The van der Waals surface area contributed by atoms with Crippen LogP contribution in [0.15, 0.2) is 22.9 Å². The first-order valence-corrected chi connectivity index (χ1v) is 8.51. The summed E-state index contributed by atoms with van der Waals surface area (Å²) < 4.78 is 0.998. The molecule has 0 unspecified atom stereocenters. The number of unbranched alkanes of at least 4 members (excludes halogenated alkanes) is 1. The molecule has 0 atom stereocenters. The van der Waals surface area contributed by atoms with Crippen molar-refractivity contribution in [3.63, 3.8) is 0 Å². The highest BCUT2D eigenvalue weighted by molar-refractivity contribution is 9.10. The maximum absolute atomic E-state index is 12.4. The zero-order valence-electron chi connectivity index (χ0n) is 12.9. The molecule has 5 heteroatoms. The summed E-state index contributed by atoms with van der Waals surface area (Å²) in [7, 11) is 1.93. The zero-order valence-corrected chi connectivity index (χ0v) is 14.5. The minimum atomic E-state index is 0.184. The summed E-state index contributed by atoms with van der Waals surface area (Å²) in [6.07, 6.45) is 7.77. The largest absolute Gasteiger partial charge is 0.370 e. The Hall–Kier alpha value is -1.10. The van der Waals surface area contributed by atoms with Crippen molar-refractivity contribution in [2.75, 3.05) is 31.6 Å². The molecule has 0 radical (unpaired) electrons. The minimum absolute atomic E-state index is 0.184. The Morgan fingerprint density at radius 1 is 1.43 bits per heavy atom. The number of piperidine rings is 1. The van der Waals surface area contributed by atoms with E-state index in [1.165, 1.54) is 0 Å². The third kappa shape index (κ3) is 4.43. The van der Waals surface area contributed by atoms with E-state index >= 15 is 0 Å². The number of aromatic nitrogens is 1. The van der Waals surface area contributed by atoms with Gasteiger partial charge in [-0.15, -0.1) is 0 Å². The highest BCUT2D eigenvalue weighted by Gasteiger charge is 2.27. The van der Waals surface area contributed by atoms with Gasteiger partial charge in [-0.25, -0.2) is 0 Å². The molecule has 0 saturated carbocycles. The Bertz CT molecular complexity index is 472. The molecule has 0 spiro atoms. The number of carbonyl (C=O) groups excluding carboxylic acids is 1. The van der Waals surface area contributed by atoms with E-state index in [4.69, 9.17) is 0 Å². The Balaban J connectivity index is 1.87. The molecule has 4 nitrogen and oxygen atoms in total. The molecule has 0 aliphatic carbocycles. The predicted octanol–water partition coefficient (Wildman–Crippen LogP) is 3.32. The summed E-state index contributed by atoms with van der Waals surface area (Å²) in [5, 5.41) is 0. The first-order valence-electron chi connectivity index (χ1n) is 7.72. The molecule has 1 aromatic heterocycles. The maximum atomic E-state index is 12.4. The van der Waals surface area contributed by atoms with Crippen molar-refractivity contribution in [1.82, 2.24) is 9.88 Å². The normalized spacial score (nSPS) is 16.0. The van der Waals surface area contributed by atoms with E-state index in [1.807, 2.05) is 18.1 Å². The van der Waals surface area contributed by atoms with Crippen molar-refractivity contribution in [1.29, 1.82) is 0 Å². The molecule has 0 N–H and O–H groups in total. The summed E-state index contributed by atoms with van der Waals surface area (Å²) in [4.78, 5) is 20.8. The number of pyridine rings is 1. The molecule has 21 heavy (non-hydrogen) atoms. The van der Waals surface area contributed by atoms with Crippen LogP contribution in [0.25, 0.3) is 0 Å². The molecule has 1 aliphatic rings. The Morgan fingerprint density at radius 3 is 2.76 bits per heavy atom. The molecule has 1 fully saturated rings. The number of nitrogens with zero attached hydrogens (tertiary/aromatic N) is 3. The fraction of sp³-hybridized carbons (Fsp3) is 0.625. The van der Waals surface area contributed by atoms with Gasteiger partial charge in [-0.2, -0.15) is 0 Å². The third-order valence-corrected chi connectivity index (χ3v) is 4.56. The molecular weight excluding hydrogens is 330 g/mol. The number of amides is 1. The first kappa shape index (κ1) is 16.3. The van der Waals surface area contributed by atoms with Gasteiger partial charge in [0.25, 0.3) is 0 Å². The number of rotatable bonds is 5. The van der Waals surface area contributed by atoms with Gasteiger partial charge in [-0.1, -0.05) is 13.3 Å². The topological polar surface area (TPSA) is 36.4 Å². The van der Waals surface area contributed by atoms with Gasteiger partial charge in [0.05, 0.1) is 11.9 Å². The fourth-order valence-corrected chi connectivity index (χ4v) is 3.13. The Kier molecular flexibility index (Phi) is 6.03. The second-order valence-electron chi connectivity index (χ2n) is 5.74. The van der Waals surface area contributed by atoms with Crippen LogP contribution < -0.4 is 4.90 Å². The molecule has 2 heterocycles. The van der Waals surface area contributed by atoms with E-state index in [0.717, 1.165) is 55.5 Å². The highest BCUT2D eigenvalue weighted by Crippen LogP contribution is 2.25. The van der Waals surface area contributed by atoms with Gasteiger partial charge in [0.2, 0.25) is 5.91 Å². The van der Waals surface area contributed by atoms with Crippen molar-refractivity contribution in [2.24, 2.45) is 5.92 Å². The summed E-state index contributed by atoms with van der Waals surface area (Å²) in [5.74, 6) is 0.499. The van der Waals surface area contributed by atoms with Crippen LogP contribution in [-0.2, 0) is 4.79 Å².